The van der Waals surface area contributed by atoms with Gasteiger partial charge in [0.25, 0.3) is 0 Å². The summed E-state index contributed by atoms with van der Waals surface area (Å²) in [4.78, 5) is 20.6. The molecule has 6 aromatic rings. The number of rotatable bonds is 6. The number of halogens is 1. The third kappa shape index (κ3) is 4.55. The zero-order chi connectivity index (χ0) is 25.6. The van der Waals surface area contributed by atoms with Crippen LogP contribution < -0.4 is 4.72 Å². The van der Waals surface area contributed by atoms with E-state index in [1.54, 1.807) is 30.7 Å². The molecule has 0 unspecified atom stereocenters. The summed E-state index contributed by atoms with van der Waals surface area (Å²) in [5.74, 6) is -0.469. The molecule has 0 fully saturated rings. The SMILES string of the molecule is CS(=O)(=O)NCc1cc(F)cc(-c2ccnc3[nH]c(-c4n[nH]c5ccc(-c6cncnc6)nc45)cc23)c1. The maximum absolute atomic E-state index is 14.5. The predicted octanol–water partition coefficient (Wildman–Crippen LogP) is 3.81. The molecule has 6 rings (SSSR count). The van der Waals surface area contributed by atoms with E-state index in [-0.39, 0.29) is 6.54 Å². The van der Waals surface area contributed by atoms with Crippen LogP contribution in [0.2, 0.25) is 0 Å². The van der Waals surface area contributed by atoms with Gasteiger partial charge < -0.3 is 4.98 Å². The number of hydrogen-bond donors (Lipinski definition) is 3. The highest BCUT2D eigenvalue weighted by Gasteiger charge is 2.17. The predicted molar refractivity (Wildman–Crippen MR) is 137 cm³/mol. The summed E-state index contributed by atoms with van der Waals surface area (Å²) < 4.78 is 39.9. The highest BCUT2D eigenvalue weighted by molar-refractivity contribution is 7.88. The summed E-state index contributed by atoms with van der Waals surface area (Å²) in [6.45, 7) is -0.0179. The molecule has 0 aliphatic heterocycles. The van der Waals surface area contributed by atoms with Gasteiger partial charge in [-0.1, -0.05) is 0 Å². The van der Waals surface area contributed by atoms with Crippen molar-refractivity contribution < 1.29 is 12.8 Å². The summed E-state index contributed by atoms with van der Waals surface area (Å²) in [6.07, 6.45) is 7.54. The largest absolute Gasteiger partial charge is 0.338 e. The second kappa shape index (κ2) is 8.84. The van der Waals surface area contributed by atoms with Crippen LogP contribution in [0, 0.1) is 5.82 Å². The van der Waals surface area contributed by atoms with Gasteiger partial charge in [-0.15, -0.1) is 0 Å². The molecule has 37 heavy (non-hydrogen) atoms. The van der Waals surface area contributed by atoms with Crippen LogP contribution in [-0.4, -0.2) is 49.8 Å². The van der Waals surface area contributed by atoms with E-state index in [1.807, 2.05) is 18.2 Å². The van der Waals surface area contributed by atoms with Crippen LogP contribution in [0.3, 0.4) is 0 Å². The zero-order valence-electron chi connectivity index (χ0n) is 19.4. The van der Waals surface area contributed by atoms with Crippen molar-refractivity contribution in [3.05, 3.63) is 78.8 Å². The molecule has 5 aromatic heterocycles. The minimum atomic E-state index is -3.42. The molecule has 0 spiro atoms. The van der Waals surface area contributed by atoms with Crippen molar-refractivity contribution in [2.75, 3.05) is 6.26 Å². The number of aromatic nitrogens is 7. The van der Waals surface area contributed by atoms with Crippen molar-refractivity contribution in [2.45, 2.75) is 6.54 Å². The van der Waals surface area contributed by atoms with Gasteiger partial charge in [0.2, 0.25) is 10.0 Å². The molecule has 0 aliphatic carbocycles. The topological polar surface area (TPSA) is 142 Å². The van der Waals surface area contributed by atoms with Crippen molar-refractivity contribution in [1.82, 2.24) is 39.8 Å². The van der Waals surface area contributed by atoms with Gasteiger partial charge in [0, 0.05) is 36.1 Å². The van der Waals surface area contributed by atoms with E-state index < -0.39 is 15.8 Å². The molecule has 3 N–H and O–H groups in total. The molecule has 10 nitrogen and oxygen atoms in total. The Balaban J connectivity index is 1.44. The number of H-pyrrole nitrogens is 2. The van der Waals surface area contributed by atoms with Crippen LogP contribution in [0.5, 0.6) is 0 Å². The molecule has 1 aromatic carbocycles. The fourth-order valence-corrected chi connectivity index (χ4v) is 4.64. The second-order valence-electron chi connectivity index (χ2n) is 8.54. The third-order valence-electron chi connectivity index (χ3n) is 5.86. The minimum absolute atomic E-state index is 0.0179. The van der Waals surface area contributed by atoms with Crippen molar-refractivity contribution >= 4 is 32.1 Å². The standard InChI is InChI=1S/C25H19FN8O2S/c1-37(35,36)30-10-14-6-15(8-17(26)7-14)18-4-5-29-25-19(18)9-22(32-25)24-23-21(33-34-24)3-2-20(31-23)16-11-27-13-28-12-16/h2-9,11-13,30H,10H2,1H3,(H,29,32)(H,33,34). The van der Waals surface area contributed by atoms with E-state index in [1.165, 1.54) is 18.5 Å². The van der Waals surface area contributed by atoms with E-state index in [2.05, 4.69) is 34.9 Å². The monoisotopic (exact) mass is 514 g/mol. The Morgan fingerprint density at radius 3 is 2.68 bits per heavy atom. The van der Waals surface area contributed by atoms with Gasteiger partial charge in [-0.25, -0.2) is 37.5 Å². The first-order valence-corrected chi connectivity index (χ1v) is 13.1. The van der Waals surface area contributed by atoms with Crippen molar-refractivity contribution in [3.63, 3.8) is 0 Å². The number of benzene rings is 1. The summed E-state index contributed by atoms with van der Waals surface area (Å²) >= 11 is 0. The van der Waals surface area contributed by atoms with E-state index in [0.717, 1.165) is 28.3 Å². The number of sulfonamides is 1. The lowest BCUT2D eigenvalue weighted by atomic mass is 10.0. The van der Waals surface area contributed by atoms with Crippen LogP contribution in [0.1, 0.15) is 5.56 Å². The van der Waals surface area contributed by atoms with Crippen LogP contribution >= 0.6 is 0 Å². The smallest absolute Gasteiger partial charge is 0.209 e. The molecule has 0 aliphatic rings. The first-order valence-electron chi connectivity index (χ1n) is 11.2. The van der Waals surface area contributed by atoms with Gasteiger partial charge in [-0.05, 0) is 59.2 Å². The molecule has 0 atom stereocenters. The third-order valence-corrected chi connectivity index (χ3v) is 6.53. The van der Waals surface area contributed by atoms with E-state index in [0.29, 0.717) is 39.4 Å². The maximum atomic E-state index is 14.5. The molecule has 0 radical (unpaired) electrons. The van der Waals surface area contributed by atoms with Gasteiger partial charge in [-0.3, -0.25) is 5.10 Å². The Bertz CT molecular complexity index is 1880. The van der Waals surface area contributed by atoms with E-state index in [9.17, 15) is 12.8 Å². The molecular formula is C25H19FN8O2S. The highest BCUT2D eigenvalue weighted by atomic mass is 32.2. The second-order valence-corrected chi connectivity index (χ2v) is 10.4. The lowest BCUT2D eigenvalue weighted by Crippen LogP contribution is -2.21. The maximum Gasteiger partial charge on any atom is 0.209 e. The summed E-state index contributed by atoms with van der Waals surface area (Å²) in [5.41, 5.74) is 6.63. The average molecular weight is 515 g/mol. The number of pyridine rings is 2. The van der Waals surface area contributed by atoms with Crippen LogP contribution in [0.15, 0.2) is 67.4 Å². The number of aromatic amines is 2. The van der Waals surface area contributed by atoms with E-state index in [4.69, 9.17) is 4.98 Å². The Kier molecular flexibility index (Phi) is 5.46. The fourth-order valence-electron chi connectivity index (χ4n) is 4.21. The van der Waals surface area contributed by atoms with Gasteiger partial charge in [0.1, 0.15) is 29.0 Å². The molecule has 184 valence electrons. The number of hydrogen-bond acceptors (Lipinski definition) is 7. The lowest BCUT2D eigenvalue weighted by molar-refractivity contribution is 0.586. The van der Waals surface area contributed by atoms with Crippen LogP contribution in [0.25, 0.3) is 55.8 Å². The minimum Gasteiger partial charge on any atom is -0.338 e. The van der Waals surface area contributed by atoms with Gasteiger partial charge in [-0.2, -0.15) is 5.10 Å². The van der Waals surface area contributed by atoms with Gasteiger partial charge in [0.15, 0.2) is 0 Å². The van der Waals surface area contributed by atoms with Crippen molar-refractivity contribution in [3.8, 4) is 33.8 Å². The van der Waals surface area contributed by atoms with Gasteiger partial charge >= 0.3 is 0 Å². The van der Waals surface area contributed by atoms with Crippen LogP contribution in [-0.2, 0) is 16.6 Å². The first-order chi connectivity index (χ1) is 17.8. The Morgan fingerprint density at radius 1 is 1.03 bits per heavy atom. The summed E-state index contributed by atoms with van der Waals surface area (Å²) in [7, 11) is -3.42. The molecular weight excluding hydrogens is 495 g/mol. The normalized spacial score (nSPS) is 11.9. The summed E-state index contributed by atoms with van der Waals surface area (Å²) in [5, 5.41) is 8.24. The lowest BCUT2D eigenvalue weighted by Gasteiger charge is -2.08. The Morgan fingerprint density at radius 2 is 1.86 bits per heavy atom. The number of nitrogens with zero attached hydrogens (tertiary/aromatic N) is 5. The van der Waals surface area contributed by atoms with Crippen LogP contribution in [0.4, 0.5) is 4.39 Å². The number of nitrogens with one attached hydrogen (secondary N) is 3. The molecule has 0 saturated carbocycles. The Labute approximate surface area is 210 Å². The van der Waals surface area contributed by atoms with Gasteiger partial charge in [0.05, 0.1) is 23.2 Å². The molecule has 0 bridgehead atoms. The molecule has 5 heterocycles. The molecule has 0 saturated heterocycles. The summed E-state index contributed by atoms with van der Waals surface area (Å²) in [6, 6.07) is 11.9. The van der Waals surface area contributed by atoms with Crippen molar-refractivity contribution in [1.29, 1.82) is 0 Å². The fraction of sp³-hybridized carbons (Fsp3) is 0.0800. The van der Waals surface area contributed by atoms with E-state index >= 15 is 0 Å². The number of fused-ring (bicyclic) bond motifs is 2. The Hall–Kier alpha value is -4.55. The zero-order valence-corrected chi connectivity index (χ0v) is 20.2. The first kappa shape index (κ1) is 22.9. The highest BCUT2D eigenvalue weighted by Crippen LogP contribution is 2.34. The quantitative estimate of drug-likeness (QED) is 0.307. The molecule has 12 heteroatoms. The molecule has 0 amide bonds. The average Bonchev–Trinajstić information content (AvgIpc) is 3.51. The van der Waals surface area contributed by atoms with Crippen molar-refractivity contribution in [2.24, 2.45) is 0 Å².